The fraction of sp³-hybridized carbons (Fsp3) is 0.346. The van der Waals surface area contributed by atoms with Crippen molar-refractivity contribution >= 4 is 29.7 Å². The molecule has 2 aromatic carbocycles. The number of esters is 3. The lowest BCUT2D eigenvalue weighted by Gasteiger charge is -2.46. The minimum atomic E-state index is -1.41. The van der Waals surface area contributed by atoms with Gasteiger partial charge in [0.25, 0.3) is 11.8 Å². The number of ether oxygens (including phenoxy) is 5. The van der Waals surface area contributed by atoms with Crippen LogP contribution in [0.5, 0.6) is 5.75 Å². The van der Waals surface area contributed by atoms with Gasteiger partial charge in [-0.1, -0.05) is 30.3 Å². The molecule has 1 fully saturated rings. The maximum Gasteiger partial charge on any atom is 0.303 e. The molecule has 0 radical (unpaired) electrons. The third kappa shape index (κ3) is 5.46. The summed E-state index contributed by atoms with van der Waals surface area (Å²) in [7, 11) is 0. The van der Waals surface area contributed by atoms with Crippen LogP contribution < -0.4 is 4.74 Å². The van der Waals surface area contributed by atoms with Crippen molar-refractivity contribution in [2.75, 3.05) is 6.61 Å². The van der Waals surface area contributed by atoms with Crippen LogP contribution in [0, 0.1) is 0 Å². The monoisotopic (exact) mass is 511 g/mol. The summed E-state index contributed by atoms with van der Waals surface area (Å²) >= 11 is 0. The molecule has 2 amide bonds. The molecule has 2 aliphatic heterocycles. The zero-order chi connectivity index (χ0) is 26.7. The lowest BCUT2D eigenvalue weighted by Crippen LogP contribution is -2.68. The van der Waals surface area contributed by atoms with Crippen LogP contribution in [-0.4, -0.2) is 71.9 Å². The number of hydrogen-bond donors (Lipinski definition) is 0. The summed E-state index contributed by atoms with van der Waals surface area (Å²) in [5, 5.41) is 0. The van der Waals surface area contributed by atoms with Crippen molar-refractivity contribution < 1.29 is 47.7 Å². The van der Waals surface area contributed by atoms with E-state index in [-0.39, 0.29) is 17.7 Å². The van der Waals surface area contributed by atoms with Crippen molar-refractivity contribution in [1.82, 2.24) is 4.90 Å². The molecule has 2 aliphatic rings. The van der Waals surface area contributed by atoms with Gasteiger partial charge in [-0.3, -0.25) is 28.9 Å². The second-order valence-electron chi connectivity index (χ2n) is 8.44. The minimum absolute atomic E-state index is 0.151. The van der Waals surface area contributed by atoms with Gasteiger partial charge in [-0.05, 0) is 24.3 Å². The van der Waals surface area contributed by atoms with E-state index in [1.807, 2.05) is 0 Å². The van der Waals surface area contributed by atoms with Gasteiger partial charge in [-0.15, -0.1) is 0 Å². The van der Waals surface area contributed by atoms with E-state index < -0.39 is 60.4 Å². The highest BCUT2D eigenvalue weighted by molar-refractivity contribution is 6.21. The van der Waals surface area contributed by atoms with Crippen molar-refractivity contribution in [3.8, 4) is 5.75 Å². The van der Waals surface area contributed by atoms with Gasteiger partial charge < -0.3 is 23.7 Å². The number of nitrogens with zero attached hydrogens (tertiary/aromatic N) is 1. The smallest absolute Gasteiger partial charge is 0.303 e. The van der Waals surface area contributed by atoms with Gasteiger partial charge in [-0.25, -0.2) is 0 Å². The van der Waals surface area contributed by atoms with Gasteiger partial charge in [0.1, 0.15) is 24.5 Å². The molecule has 11 nitrogen and oxygen atoms in total. The molecule has 194 valence electrons. The van der Waals surface area contributed by atoms with Crippen LogP contribution in [0.25, 0.3) is 0 Å². The number of para-hydroxylation sites is 1. The topological polar surface area (TPSA) is 135 Å². The molecule has 4 rings (SSSR count). The van der Waals surface area contributed by atoms with Crippen LogP contribution in [-0.2, 0) is 33.3 Å². The average Bonchev–Trinajstić information content (AvgIpc) is 3.10. The van der Waals surface area contributed by atoms with E-state index in [0.717, 1.165) is 18.7 Å². The van der Waals surface area contributed by atoms with Gasteiger partial charge in [0, 0.05) is 20.8 Å². The number of carbonyl (C=O) groups excluding carboxylic acids is 5. The maximum atomic E-state index is 13.4. The van der Waals surface area contributed by atoms with E-state index in [2.05, 4.69) is 0 Å². The predicted molar refractivity (Wildman–Crippen MR) is 124 cm³/mol. The second-order valence-corrected chi connectivity index (χ2v) is 8.44. The molecular formula is C26H25NO10. The molecule has 1 saturated heterocycles. The fourth-order valence-corrected chi connectivity index (χ4v) is 4.37. The number of imide groups is 1. The number of fused-ring (bicyclic) bond motifs is 1. The van der Waals surface area contributed by atoms with Crippen LogP contribution >= 0.6 is 0 Å². The largest absolute Gasteiger partial charge is 0.463 e. The Labute approximate surface area is 212 Å². The third-order valence-electron chi connectivity index (χ3n) is 5.79. The Morgan fingerprint density at radius 1 is 0.784 bits per heavy atom. The maximum absolute atomic E-state index is 13.4. The molecule has 0 spiro atoms. The second kappa shape index (κ2) is 10.8. The van der Waals surface area contributed by atoms with Crippen molar-refractivity contribution in [2.24, 2.45) is 0 Å². The molecule has 0 saturated carbocycles. The van der Waals surface area contributed by atoms with Gasteiger partial charge in [0.2, 0.25) is 6.29 Å². The van der Waals surface area contributed by atoms with Crippen LogP contribution in [0.15, 0.2) is 54.6 Å². The highest BCUT2D eigenvalue weighted by atomic mass is 16.7. The molecule has 0 N–H and O–H groups in total. The Morgan fingerprint density at radius 3 is 1.86 bits per heavy atom. The van der Waals surface area contributed by atoms with Crippen LogP contribution in [0.4, 0.5) is 0 Å². The lowest BCUT2D eigenvalue weighted by atomic mass is 9.94. The van der Waals surface area contributed by atoms with Crippen molar-refractivity contribution in [2.45, 2.75) is 51.4 Å². The van der Waals surface area contributed by atoms with E-state index in [4.69, 9.17) is 23.7 Å². The minimum Gasteiger partial charge on any atom is -0.463 e. The zero-order valence-electron chi connectivity index (χ0n) is 20.3. The Hall–Kier alpha value is -4.25. The summed E-state index contributed by atoms with van der Waals surface area (Å²) < 4.78 is 28.2. The van der Waals surface area contributed by atoms with E-state index in [9.17, 15) is 24.0 Å². The van der Waals surface area contributed by atoms with Gasteiger partial charge in [0.05, 0.1) is 11.1 Å². The highest BCUT2D eigenvalue weighted by Gasteiger charge is 2.57. The average molecular weight is 511 g/mol. The molecule has 2 aromatic rings. The van der Waals surface area contributed by atoms with E-state index >= 15 is 0 Å². The standard InChI is InChI=1S/C26H25NO10/c1-14(28)33-13-20-22(34-15(2)29)23(35-16(3)30)21(26(37-20)36-17-9-5-4-6-10-17)27-24(31)18-11-7-8-12-19(18)25(27)32/h4-12,20-23,26H,13H2,1-3H3/t20-,21-,22-,23-,26-/m1/s1. The molecule has 37 heavy (non-hydrogen) atoms. The molecule has 0 unspecified atom stereocenters. The normalized spacial score (nSPS) is 24.7. The van der Waals surface area contributed by atoms with Crippen LogP contribution in [0.1, 0.15) is 41.5 Å². The van der Waals surface area contributed by atoms with Gasteiger partial charge >= 0.3 is 17.9 Å². The molecule has 0 aliphatic carbocycles. The number of rotatable bonds is 7. The SMILES string of the molecule is CC(=O)OC[C@H]1O[C@@H](Oc2ccccc2)[C@H](N2C(=O)c3ccccc3C2=O)[C@@H](OC(C)=O)[C@@H]1OC(C)=O. The molecule has 0 bridgehead atoms. The summed E-state index contributed by atoms with van der Waals surface area (Å²) in [5.41, 5.74) is 0.303. The third-order valence-corrected chi connectivity index (χ3v) is 5.79. The number of benzene rings is 2. The fourth-order valence-electron chi connectivity index (χ4n) is 4.37. The summed E-state index contributed by atoms with van der Waals surface area (Å²) in [6.45, 7) is 3.08. The van der Waals surface area contributed by atoms with Gasteiger partial charge in [0.15, 0.2) is 12.2 Å². The molecule has 11 heteroatoms. The van der Waals surface area contributed by atoms with Gasteiger partial charge in [-0.2, -0.15) is 0 Å². The number of carbonyl (C=O) groups is 5. The number of hydrogen-bond acceptors (Lipinski definition) is 10. The first-order chi connectivity index (χ1) is 17.7. The molecule has 5 atom stereocenters. The first-order valence-corrected chi connectivity index (χ1v) is 11.5. The lowest BCUT2D eigenvalue weighted by molar-refractivity contribution is -0.265. The van der Waals surface area contributed by atoms with E-state index in [1.54, 1.807) is 42.5 Å². The predicted octanol–water partition coefficient (Wildman–Crippen LogP) is 1.88. The zero-order valence-corrected chi connectivity index (χ0v) is 20.3. The van der Waals surface area contributed by atoms with Crippen LogP contribution in [0.3, 0.4) is 0 Å². The number of amides is 2. The van der Waals surface area contributed by atoms with Crippen LogP contribution in [0.2, 0.25) is 0 Å². The summed E-state index contributed by atoms with van der Waals surface area (Å²) in [5.74, 6) is -3.14. The quantitative estimate of drug-likeness (QED) is 0.308. The van der Waals surface area contributed by atoms with E-state index in [0.29, 0.717) is 5.75 Å². The van der Waals surface area contributed by atoms with E-state index in [1.165, 1.54) is 19.1 Å². The highest BCUT2D eigenvalue weighted by Crippen LogP contribution is 2.36. The molecule has 2 heterocycles. The Balaban J connectivity index is 1.81. The Kier molecular flexibility index (Phi) is 7.53. The Bertz CT molecular complexity index is 1180. The summed E-state index contributed by atoms with van der Waals surface area (Å²) in [4.78, 5) is 63.5. The first kappa shape index (κ1) is 25.8. The summed E-state index contributed by atoms with van der Waals surface area (Å²) in [6.07, 6.45) is -5.30. The summed E-state index contributed by atoms with van der Waals surface area (Å²) in [6, 6.07) is 13.3. The van der Waals surface area contributed by atoms with Crippen molar-refractivity contribution in [3.05, 3.63) is 65.7 Å². The molecule has 0 aromatic heterocycles. The molecular weight excluding hydrogens is 486 g/mol. The van der Waals surface area contributed by atoms with Crippen molar-refractivity contribution in [3.63, 3.8) is 0 Å². The van der Waals surface area contributed by atoms with Crippen molar-refractivity contribution in [1.29, 1.82) is 0 Å². The first-order valence-electron chi connectivity index (χ1n) is 11.5. The Morgan fingerprint density at radius 2 is 1.32 bits per heavy atom.